The van der Waals surface area contributed by atoms with E-state index in [0.29, 0.717) is 6.10 Å². The molecule has 60 valence electrons. The van der Waals surface area contributed by atoms with Crippen LogP contribution in [-0.2, 0) is 4.18 Å². The van der Waals surface area contributed by atoms with Crippen molar-refractivity contribution in [2.45, 2.75) is 39.2 Å². The lowest BCUT2D eigenvalue weighted by atomic mass is 10.0. The highest BCUT2D eigenvalue weighted by Crippen LogP contribution is 2.24. The Balaban J connectivity index is 2.13. The van der Waals surface area contributed by atoms with E-state index in [9.17, 15) is 0 Å². The van der Waals surface area contributed by atoms with Crippen molar-refractivity contribution in [1.82, 2.24) is 0 Å². The SMILES string of the molecule is CC(C)CC1CCCSO1. The molecule has 0 bridgehead atoms. The third-order valence-corrected chi connectivity index (χ3v) is 2.56. The fourth-order valence-corrected chi connectivity index (χ4v) is 1.99. The Morgan fingerprint density at radius 1 is 1.60 bits per heavy atom. The summed E-state index contributed by atoms with van der Waals surface area (Å²) in [5, 5.41) is 0. The average Bonchev–Trinajstić information content (AvgIpc) is 1.88. The smallest absolute Gasteiger partial charge is 0.0725 e. The lowest BCUT2D eigenvalue weighted by molar-refractivity contribution is 0.185. The standard InChI is InChI=1S/C8H16OS/c1-7(2)6-8-4-3-5-10-9-8/h7-8H,3-6H2,1-2H3. The Morgan fingerprint density at radius 2 is 2.40 bits per heavy atom. The van der Waals surface area contributed by atoms with Crippen LogP contribution in [0.3, 0.4) is 0 Å². The average molecular weight is 160 g/mol. The lowest BCUT2D eigenvalue weighted by Crippen LogP contribution is -2.16. The largest absolute Gasteiger partial charge is 0.312 e. The first-order valence-electron chi connectivity index (χ1n) is 4.07. The van der Waals surface area contributed by atoms with Gasteiger partial charge in [-0.1, -0.05) is 13.8 Å². The van der Waals surface area contributed by atoms with Crippen LogP contribution in [0.25, 0.3) is 0 Å². The Bertz CT molecular complexity index is 87.3. The molecule has 0 radical (unpaired) electrons. The van der Waals surface area contributed by atoms with Gasteiger partial charge in [0.1, 0.15) is 0 Å². The predicted molar refractivity (Wildman–Crippen MR) is 46.0 cm³/mol. The number of rotatable bonds is 2. The molecular formula is C8H16OS. The molecule has 0 spiro atoms. The van der Waals surface area contributed by atoms with E-state index >= 15 is 0 Å². The summed E-state index contributed by atoms with van der Waals surface area (Å²) in [6.45, 7) is 4.51. The van der Waals surface area contributed by atoms with Crippen molar-refractivity contribution in [2.75, 3.05) is 5.75 Å². The summed E-state index contributed by atoms with van der Waals surface area (Å²) in [5.41, 5.74) is 0. The van der Waals surface area contributed by atoms with Crippen molar-refractivity contribution in [3.8, 4) is 0 Å². The fourth-order valence-electron chi connectivity index (χ4n) is 1.25. The zero-order valence-electron chi connectivity index (χ0n) is 6.80. The van der Waals surface area contributed by atoms with E-state index in [1.165, 1.54) is 25.0 Å². The van der Waals surface area contributed by atoms with Gasteiger partial charge in [-0.05, 0) is 37.2 Å². The zero-order valence-corrected chi connectivity index (χ0v) is 7.62. The number of hydrogen-bond acceptors (Lipinski definition) is 2. The molecule has 1 fully saturated rings. The van der Waals surface area contributed by atoms with E-state index in [-0.39, 0.29) is 0 Å². The summed E-state index contributed by atoms with van der Waals surface area (Å²) in [6, 6.07) is 0. The van der Waals surface area contributed by atoms with Gasteiger partial charge in [-0.15, -0.1) is 0 Å². The van der Waals surface area contributed by atoms with E-state index in [1.807, 2.05) is 0 Å². The molecule has 1 unspecified atom stereocenters. The summed E-state index contributed by atoms with van der Waals surface area (Å²) in [5.74, 6) is 1.97. The maximum atomic E-state index is 5.51. The second kappa shape index (κ2) is 4.24. The minimum Gasteiger partial charge on any atom is -0.312 e. The van der Waals surface area contributed by atoms with Gasteiger partial charge in [0, 0.05) is 5.75 Å². The van der Waals surface area contributed by atoms with Gasteiger partial charge in [0.15, 0.2) is 0 Å². The van der Waals surface area contributed by atoms with Crippen LogP contribution in [-0.4, -0.2) is 11.9 Å². The Labute approximate surface area is 67.7 Å². The van der Waals surface area contributed by atoms with Gasteiger partial charge in [-0.2, -0.15) is 0 Å². The molecule has 2 heteroatoms. The normalized spacial score (nSPS) is 27.3. The van der Waals surface area contributed by atoms with Crippen molar-refractivity contribution in [3.63, 3.8) is 0 Å². The molecule has 0 N–H and O–H groups in total. The molecule has 1 aliphatic heterocycles. The third kappa shape index (κ3) is 2.93. The van der Waals surface area contributed by atoms with E-state index in [1.54, 1.807) is 12.0 Å². The van der Waals surface area contributed by atoms with Crippen LogP contribution in [0.15, 0.2) is 0 Å². The van der Waals surface area contributed by atoms with E-state index < -0.39 is 0 Å². The molecule has 1 aliphatic rings. The first-order chi connectivity index (χ1) is 4.79. The van der Waals surface area contributed by atoms with Gasteiger partial charge in [0.2, 0.25) is 0 Å². The molecule has 1 rings (SSSR count). The monoisotopic (exact) mass is 160 g/mol. The highest BCUT2D eigenvalue weighted by molar-refractivity contribution is 7.94. The van der Waals surface area contributed by atoms with Crippen molar-refractivity contribution < 1.29 is 4.18 Å². The minimum atomic E-state index is 0.541. The van der Waals surface area contributed by atoms with Gasteiger partial charge in [-0.25, -0.2) is 0 Å². The van der Waals surface area contributed by atoms with Gasteiger partial charge in [-0.3, -0.25) is 0 Å². The molecule has 0 aromatic carbocycles. The van der Waals surface area contributed by atoms with Crippen LogP contribution in [0.1, 0.15) is 33.1 Å². The molecule has 0 amide bonds. The van der Waals surface area contributed by atoms with Crippen molar-refractivity contribution in [2.24, 2.45) is 5.92 Å². The molecule has 0 aromatic heterocycles. The Kier molecular flexibility index (Phi) is 3.57. The van der Waals surface area contributed by atoms with Crippen LogP contribution in [0.4, 0.5) is 0 Å². The Hall–Kier alpha value is 0.310. The third-order valence-electron chi connectivity index (χ3n) is 1.69. The van der Waals surface area contributed by atoms with Crippen molar-refractivity contribution in [3.05, 3.63) is 0 Å². The summed E-state index contributed by atoms with van der Waals surface area (Å²) in [6.07, 6.45) is 4.37. The van der Waals surface area contributed by atoms with Gasteiger partial charge < -0.3 is 4.18 Å². The minimum absolute atomic E-state index is 0.541. The first kappa shape index (κ1) is 8.41. The molecule has 0 aliphatic carbocycles. The van der Waals surface area contributed by atoms with E-state index in [4.69, 9.17) is 4.18 Å². The quantitative estimate of drug-likeness (QED) is 0.574. The number of hydrogen-bond donors (Lipinski definition) is 0. The molecule has 1 saturated heterocycles. The highest BCUT2D eigenvalue weighted by atomic mass is 32.2. The van der Waals surface area contributed by atoms with Crippen LogP contribution in [0, 0.1) is 5.92 Å². The highest BCUT2D eigenvalue weighted by Gasteiger charge is 2.15. The second-order valence-electron chi connectivity index (χ2n) is 3.31. The molecular weight excluding hydrogens is 144 g/mol. The Morgan fingerprint density at radius 3 is 2.90 bits per heavy atom. The van der Waals surface area contributed by atoms with E-state index in [0.717, 1.165) is 5.92 Å². The second-order valence-corrected chi connectivity index (χ2v) is 4.15. The molecule has 0 aromatic rings. The van der Waals surface area contributed by atoms with Gasteiger partial charge >= 0.3 is 0 Å². The fraction of sp³-hybridized carbons (Fsp3) is 1.00. The summed E-state index contributed by atoms with van der Waals surface area (Å²) in [4.78, 5) is 0. The van der Waals surface area contributed by atoms with Crippen molar-refractivity contribution >= 4 is 12.0 Å². The van der Waals surface area contributed by atoms with Crippen LogP contribution >= 0.6 is 12.0 Å². The molecule has 1 atom stereocenters. The molecule has 10 heavy (non-hydrogen) atoms. The first-order valence-corrected chi connectivity index (χ1v) is 4.98. The van der Waals surface area contributed by atoms with Crippen molar-refractivity contribution in [1.29, 1.82) is 0 Å². The van der Waals surface area contributed by atoms with Crippen LogP contribution < -0.4 is 0 Å². The van der Waals surface area contributed by atoms with Crippen LogP contribution in [0.5, 0.6) is 0 Å². The predicted octanol–water partition coefficient (Wildman–Crippen LogP) is 2.86. The summed E-state index contributed by atoms with van der Waals surface area (Å²) in [7, 11) is 0. The summed E-state index contributed by atoms with van der Waals surface area (Å²) >= 11 is 1.64. The van der Waals surface area contributed by atoms with Gasteiger partial charge in [0.05, 0.1) is 6.10 Å². The molecule has 1 heterocycles. The molecule has 1 nitrogen and oxygen atoms in total. The summed E-state index contributed by atoms with van der Waals surface area (Å²) < 4.78 is 5.51. The van der Waals surface area contributed by atoms with Crippen LogP contribution in [0.2, 0.25) is 0 Å². The lowest BCUT2D eigenvalue weighted by Gasteiger charge is -2.22. The molecule has 0 saturated carbocycles. The maximum Gasteiger partial charge on any atom is 0.0725 e. The zero-order chi connectivity index (χ0) is 7.40. The topological polar surface area (TPSA) is 9.23 Å². The van der Waals surface area contributed by atoms with E-state index in [2.05, 4.69) is 13.8 Å². The van der Waals surface area contributed by atoms with Gasteiger partial charge in [0.25, 0.3) is 0 Å². The maximum absolute atomic E-state index is 5.51.